The van der Waals surface area contributed by atoms with E-state index in [2.05, 4.69) is 0 Å². The average Bonchev–Trinajstić information content (AvgIpc) is 3.04. The molecular formula is C10H12N2O4. The fraction of sp³-hybridized carbons (Fsp3) is 0.500. The van der Waals surface area contributed by atoms with Crippen molar-refractivity contribution >= 4 is 5.69 Å². The van der Waals surface area contributed by atoms with E-state index in [9.17, 15) is 14.9 Å². The maximum Gasteiger partial charge on any atom is 0.334 e. The molecule has 0 radical (unpaired) electrons. The molecule has 0 aliphatic heterocycles. The number of hydrogen-bond acceptors (Lipinski definition) is 4. The molecule has 0 atom stereocenters. The third-order valence-corrected chi connectivity index (χ3v) is 2.41. The maximum absolute atomic E-state index is 11.6. The highest BCUT2D eigenvalue weighted by Crippen LogP contribution is 2.23. The van der Waals surface area contributed by atoms with E-state index >= 15 is 0 Å². The summed E-state index contributed by atoms with van der Waals surface area (Å²) >= 11 is 0. The number of ether oxygens (including phenoxy) is 1. The summed E-state index contributed by atoms with van der Waals surface area (Å²) in [6.45, 7) is 0.781. The van der Waals surface area contributed by atoms with E-state index < -0.39 is 16.2 Å². The molecule has 1 fully saturated rings. The van der Waals surface area contributed by atoms with E-state index in [1.165, 1.54) is 22.9 Å². The number of pyridine rings is 1. The van der Waals surface area contributed by atoms with Crippen molar-refractivity contribution in [3.05, 3.63) is 38.8 Å². The van der Waals surface area contributed by atoms with Gasteiger partial charge >= 0.3 is 11.2 Å². The molecule has 6 heteroatoms. The van der Waals surface area contributed by atoms with Crippen LogP contribution in [0.25, 0.3) is 0 Å². The fourth-order valence-electron chi connectivity index (χ4n) is 1.39. The average molecular weight is 224 g/mol. The van der Waals surface area contributed by atoms with Gasteiger partial charge in [0.15, 0.2) is 0 Å². The minimum Gasteiger partial charge on any atom is -0.376 e. The minimum absolute atomic E-state index is 0.328. The Balaban J connectivity index is 2.04. The lowest BCUT2D eigenvalue weighted by molar-refractivity contribution is -0.386. The normalized spacial score (nSPS) is 15.0. The number of hydrogen-bond donors (Lipinski definition) is 0. The Morgan fingerprint density at radius 1 is 1.56 bits per heavy atom. The molecule has 6 nitrogen and oxygen atoms in total. The molecule has 2 rings (SSSR count). The highest BCUT2D eigenvalue weighted by atomic mass is 16.6. The van der Waals surface area contributed by atoms with Crippen LogP contribution in [-0.2, 0) is 11.3 Å². The third-order valence-electron chi connectivity index (χ3n) is 2.41. The summed E-state index contributed by atoms with van der Waals surface area (Å²) in [5.74, 6) is 0. The Morgan fingerprint density at radius 3 is 2.94 bits per heavy atom. The molecule has 0 spiro atoms. The van der Waals surface area contributed by atoms with Crippen LogP contribution in [0.3, 0.4) is 0 Å². The molecule has 0 N–H and O–H groups in total. The van der Waals surface area contributed by atoms with E-state index in [1.54, 1.807) is 0 Å². The first-order valence-corrected chi connectivity index (χ1v) is 5.14. The highest BCUT2D eigenvalue weighted by Gasteiger charge is 2.21. The van der Waals surface area contributed by atoms with Gasteiger partial charge in [-0.25, -0.2) is 0 Å². The van der Waals surface area contributed by atoms with Gasteiger partial charge in [0.1, 0.15) is 0 Å². The maximum atomic E-state index is 11.6. The lowest BCUT2D eigenvalue weighted by atomic mass is 10.4. The largest absolute Gasteiger partial charge is 0.376 e. The first-order chi connectivity index (χ1) is 7.68. The molecule has 1 aromatic rings. The molecule has 0 unspecified atom stereocenters. The van der Waals surface area contributed by atoms with Crippen LogP contribution in [0.2, 0.25) is 0 Å². The topological polar surface area (TPSA) is 74.4 Å². The van der Waals surface area contributed by atoms with Gasteiger partial charge in [0, 0.05) is 18.8 Å². The SMILES string of the molecule is O=c1c([N+](=O)[O-])cccn1CCOC1CC1. The van der Waals surface area contributed by atoms with Gasteiger partial charge < -0.3 is 9.30 Å². The van der Waals surface area contributed by atoms with Crippen LogP contribution in [0.1, 0.15) is 12.8 Å². The third kappa shape index (κ3) is 2.46. The molecule has 16 heavy (non-hydrogen) atoms. The molecule has 0 amide bonds. The molecule has 1 heterocycles. The van der Waals surface area contributed by atoms with Gasteiger partial charge in [0.25, 0.3) is 0 Å². The Labute approximate surface area is 91.6 Å². The van der Waals surface area contributed by atoms with Crippen molar-refractivity contribution in [2.45, 2.75) is 25.5 Å². The highest BCUT2D eigenvalue weighted by molar-refractivity contribution is 5.24. The van der Waals surface area contributed by atoms with Gasteiger partial charge in [-0.3, -0.25) is 14.9 Å². The van der Waals surface area contributed by atoms with Crippen molar-refractivity contribution in [2.75, 3.05) is 6.61 Å². The predicted molar refractivity (Wildman–Crippen MR) is 56.3 cm³/mol. The lowest BCUT2D eigenvalue weighted by Gasteiger charge is -2.05. The number of nitrogens with zero attached hydrogens (tertiary/aromatic N) is 2. The van der Waals surface area contributed by atoms with Crippen LogP contribution in [0.5, 0.6) is 0 Å². The monoisotopic (exact) mass is 224 g/mol. The van der Waals surface area contributed by atoms with Crippen LogP contribution in [-0.4, -0.2) is 22.2 Å². The van der Waals surface area contributed by atoms with Crippen molar-refractivity contribution in [1.29, 1.82) is 0 Å². The summed E-state index contributed by atoms with van der Waals surface area (Å²) in [5, 5.41) is 10.5. The molecule has 1 aliphatic carbocycles. The Morgan fingerprint density at radius 2 is 2.31 bits per heavy atom. The van der Waals surface area contributed by atoms with Crippen LogP contribution in [0.15, 0.2) is 23.1 Å². The van der Waals surface area contributed by atoms with Crippen LogP contribution in [0, 0.1) is 10.1 Å². The van der Waals surface area contributed by atoms with Gasteiger partial charge in [-0.05, 0) is 18.9 Å². The molecule has 0 saturated heterocycles. The van der Waals surface area contributed by atoms with Gasteiger partial charge in [-0.1, -0.05) is 0 Å². The van der Waals surface area contributed by atoms with Crippen LogP contribution >= 0.6 is 0 Å². The molecule has 1 saturated carbocycles. The van der Waals surface area contributed by atoms with Gasteiger partial charge in [-0.15, -0.1) is 0 Å². The first-order valence-electron chi connectivity index (χ1n) is 5.14. The zero-order chi connectivity index (χ0) is 11.5. The van der Waals surface area contributed by atoms with Crippen LogP contribution in [0.4, 0.5) is 5.69 Å². The van der Waals surface area contributed by atoms with Crippen molar-refractivity contribution in [1.82, 2.24) is 4.57 Å². The Kier molecular flexibility index (Phi) is 3.00. The van der Waals surface area contributed by atoms with Crippen molar-refractivity contribution in [3.8, 4) is 0 Å². The molecule has 1 aliphatic rings. The smallest absolute Gasteiger partial charge is 0.334 e. The molecule has 1 aromatic heterocycles. The quantitative estimate of drug-likeness (QED) is 0.551. The molecule has 0 aromatic carbocycles. The second kappa shape index (κ2) is 4.44. The van der Waals surface area contributed by atoms with Crippen molar-refractivity contribution in [3.63, 3.8) is 0 Å². The number of aromatic nitrogens is 1. The summed E-state index contributed by atoms with van der Waals surface area (Å²) in [4.78, 5) is 21.4. The van der Waals surface area contributed by atoms with E-state index in [4.69, 9.17) is 4.74 Å². The summed E-state index contributed by atoms with van der Waals surface area (Å²) in [5.41, 5.74) is -0.971. The standard InChI is InChI=1S/C10H12N2O4/c13-10-9(12(14)15)2-1-5-11(10)6-7-16-8-3-4-8/h1-2,5,8H,3-4,6-7H2. The van der Waals surface area contributed by atoms with E-state index in [0.717, 1.165) is 12.8 Å². The van der Waals surface area contributed by atoms with Gasteiger partial charge in [-0.2, -0.15) is 0 Å². The zero-order valence-electron chi connectivity index (χ0n) is 8.67. The van der Waals surface area contributed by atoms with E-state index in [-0.39, 0.29) is 0 Å². The fourth-order valence-corrected chi connectivity index (χ4v) is 1.39. The summed E-state index contributed by atoms with van der Waals surface area (Å²) in [7, 11) is 0. The van der Waals surface area contributed by atoms with E-state index in [0.29, 0.717) is 19.3 Å². The predicted octanol–water partition coefficient (Wildman–Crippen LogP) is 0.935. The lowest BCUT2D eigenvalue weighted by Crippen LogP contribution is -2.23. The molecule has 86 valence electrons. The number of nitro groups is 1. The van der Waals surface area contributed by atoms with E-state index in [1.807, 2.05) is 0 Å². The first kappa shape index (κ1) is 10.8. The van der Waals surface area contributed by atoms with Gasteiger partial charge in [0.2, 0.25) is 0 Å². The second-order valence-corrected chi connectivity index (χ2v) is 3.72. The summed E-state index contributed by atoms with van der Waals surface area (Å²) in [6.07, 6.45) is 4.01. The Hall–Kier alpha value is -1.69. The minimum atomic E-state index is -0.666. The van der Waals surface area contributed by atoms with Crippen LogP contribution < -0.4 is 5.56 Å². The van der Waals surface area contributed by atoms with Crippen molar-refractivity contribution in [2.24, 2.45) is 0 Å². The molecule has 0 bridgehead atoms. The van der Waals surface area contributed by atoms with Gasteiger partial charge in [0.05, 0.1) is 17.6 Å². The van der Waals surface area contributed by atoms with Crippen molar-refractivity contribution < 1.29 is 9.66 Å². The molecular weight excluding hydrogens is 212 g/mol. The summed E-state index contributed by atoms with van der Waals surface area (Å²) in [6, 6.07) is 2.71. The zero-order valence-corrected chi connectivity index (χ0v) is 8.67. The number of rotatable bonds is 5. The Bertz CT molecular complexity index is 450. The summed E-state index contributed by atoms with van der Waals surface area (Å²) < 4.78 is 6.69. The second-order valence-electron chi connectivity index (χ2n) is 3.72.